The van der Waals surface area contributed by atoms with Crippen LogP contribution in [0.4, 0.5) is 0 Å². The van der Waals surface area contributed by atoms with Crippen LogP contribution < -0.4 is 14.8 Å². The van der Waals surface area contributed by atoms with Gasteiger partial charge in [0.1, 0.15) is 0 Å². The topological polar surface area (TPSA) is 30.5 Å². The second kappa shape index (κ2) is 5.81. The van der Waals surface area contributed by atoms with Gasteiger partial charge in [-0.25, -0.2) is 0 Å². The fraction of sp³-hybridized carbons (Fsp3) is 0.111. The molecule has 0 radical (unpaired) electrons. The summed E-state index contributed by atoms with van der Waals surface area (Å²) in [6, 6.07) is 14.7. The van der Waals surface area contributed by atoms with E-state index in [1.165, 1.54) is 11.1 Å². The van der Waals surface area contributed by atoms with Crippen molar-refractivity contribution < 1.29 is 9.47 Å². The molecule has 2 aromatic rings. The van der Waals surface area contributed by atoms with Crippen LogP contribution in [0.3, 0.4) is 0 Å². The second-order valence-corrected chi connectivity index (χ2v) is 6.10. The molecule has 2 aliphatic heterocycles. The molecule has 4 heteroatoms. The van der Waals surface area contributed by atoms with Gasteiger partial charge < -0.3 is 14.8 Å². The van der Waals surface area contributed by atoms with Crippen LogP contribution in [0.15, 0.2) is 59.1 Å². The fourth-order valence-electron chi connectivity index (χ4n) is 2.61. The van der Waals surface area contributed by atoms with Gasteiger partial charge in [0.25, 0.3) is 0 Å². The first kappa shape index (κ1) is 13.3. The molecule has 0 fully saturated rings. The van der Waals surface area contributed by atoms with Gasteiger partial charge in [-0.1, -0.05) is 42.1 Å². The number of hydrogen-bond donors (Lipinski definition) is 1. The monoisotopic (exact) mass is 309 g/mol. The van der Waals surface area contributed by atoms with Crippen molar-refractivity contribution in [2.45, 2.75) is 6.42 Å². The molecule has 22 heavy (non-hydrogen) atoms. The summed E-state index contributed by atoms with van der Waals surface area (Å²) >= 11 is 1.67. The number of fused-ring (bicyclic) bond motifs is 1. The van der Waals surface area contributed by atoms with E-state index in [9.17, 15) is 0 Å². The maximum absolute atomic E-state index is 5.62. The summed E-state index contributed by atoms with van der Waals surface area (Å²) in [5, 5.41) is 6.33. The van der Waals surface area contributed by atoms with Crippen molar-refractivity contribution in [3.63, 3.8) is 0 Å². The van der Waals surface area contributed by atoms with Crippen molar-refractivity contribution in [3.8, 4) is 11.5 Å². The van der Waals surface area contributed by atoms with Gasteiger partial charge in [0, 0.05) is 11.8 Å². The number of thioether (sulfide) groups is 1. The first-order valence-electron chi connectivity index (χ1n) is 7.15. The van der Waals surface area contributed by atoms with Gasteiger partial charge >= 0.3 is 0 Å². The highest BCUT2D eigenvalue weighted by Gasteiger charge is 2.19. The normalized spacial score (nSPS) is 17.0. The molecule has 0 saturated heterocycles. The molecular formula is C18H15NO2S. The maximum atomic E-state index is 5.62. The molecule has 2 aliphatic rings. The highest BCUT2D eigenvalue weighted by atomic mass is 32.2. The Bertz CT molecular complexity index is 743. The van der Waals surface area contributed by atoms with Gasteiger partial charge in [-0.3, -0.25) is 0 Å². The molecular weight excluding hydrogens is 294 g/mol. The standard InChI is InChI=1S/C18H15NO2S/c1-2-4-13(5-3-1)8-14-9-15(11-17-19-6-7-22-17)18-16(10-14)20-12-21-18/h1-7,9-11,19H,8,12H2/b17-11+. The van der Waals surface area contributed by atoms with E-state index in [4.69, 9.17) is 9.47 Å². The molecule has 110 valence electrons. The van der Waals surface area contributed by atoms with Gasteiger partial charge in [0.05, 0.1) is 5.03 Å². The van der Waals surface area contributed by atoms with E-state index in [-0.39, 0.29) is 0 Å². The zero-order valence-electron chi connectivity index (χ0n) is 11.9. The van der Waals surface area contributed by atoms with Gasteiger partial charge in [-0.2, -0.15) is 0 Å². The first-order chi connectivity index (χ1) is 10.9. The molecule has 0 saturated carbocycles. The van der Waals surface area contributed by atoms with Crippen molar-refractivity contribution in [1.82, 2.24) is 5.32 Å². The molecule has 0 amide bonds. The Hall–Kier alpha value is -2.33. The molecule has 0 unspecified atom stereocenters. The minimum absolute atomic E-state index is 0.291. The molecule has 4 rings (SSSR count). The molecule has 0 bridgehead atoms. The maximum Gasteiger partial charge on any atom is 0.231 e. The van der Waals surface area contributed by atoms with Crippen LogP contribution in [0.1, 0.15) is 16.7 Å². The predicted molar refractivity (Wildman–Crippen MR) is 89.7 cm³/mol. The number of hydrogen-bond acceptors (Lipinski definition) is 4. The lowest BCUT2D eigenvalue weighted by Crippen LogP contribution is -1.96. The van der Waals surface area contributed by atoms with Crippen LogP contribution in [0.5, 0.6) is 11.5 Å². The van der Waals surface area contributed by atoms with Crippen molar-refractivity contribution in [1.29, 1.82) is 0 Å². The summed E-state index contributed by atoms with van der Waals surface area (Å²) in [5.41, 5.74) is 3.56. The predicted octanol–water partition coefficient (Wildman–Crippen LogP) is 4.11. The van der Waals surface area contributed by atoms with E-state index in [1.807, 2.05) is 17.7 Å². The second-order valence-electron chi connectivity index (χ2n) is 5.15. The van der Waals surface area contributed by atoms with Gasteiger partial charge in [0.2, 0.25) is 6.79 Å². The summed E-state index contributed by atoms with van der Waals surface area (Å²) in [7, 11) is 0. The highest BCUT2D eigenvalue weighted by Crippen LogP contribution is 2.39. The number of rotatable bonds is 3. The highest BCUT2D eigenvalue weighted by molar-refractivity contribution is 8.06. The zero-order chi connectivity index (χ0) is 14.8. The third-order valence-corrected chi connectivity index (χ3v) is 4.35. The zero-order valence-corrected chi connectivity index (χ0v) is 12.7. The minimum atomic E-state index is 0.291. The third kappa shape index (κ3) is 2.70. The number of nitrogens with one attached hydrogen (secondary N) is 1. The summed E-state index contributed by atoms with van der Waals surface area (Å²) in [6.45, 7) is 0.291. The van der Waals surface area contributed by atoms with Gasteiger partial charge in [-0.15, -0.1) is 0 Å². The SMILES string of the molecule is C1=CS/C(=C/c2cc(Cc3ccccc3)cc3c2OCO3)N1. The van der Waals surface area contributed by atoms with Gasteiger partial charge in [0.15, 0.2) is 11.5 Å². The summed E-state index contributed by atoms with van der Waals surface area (Å²) in [5.74, 6) is 1.66. The molecule has 0 aromatic heterocycles. The van der Waals surface area contributed by atoms with E-state index in [1.54, 1.807) is 11.8 Å². The lowest BCUT2D eigenvalue weighted by atomic mass is 10.0. The van der Waals surface area contributed by atoms with Crippen LogP contribution in [-0.4, -0.2) is 6.79 Å². The van der Waals surface area contributed by atoms with E-state index in [0.717, 1.165) is 28.5 Å². The van der Waals surface area contributed by atoms with Crippen LogP contribution >= 0.6 is 11.8 Å². The Morgan fingerprint density at radius 3 is 2.82 bits per heavy atom. The first-order valence-corrected chi connectivity index (χ1v) is 8.03. The average molecular weight is 309 g/mol. The van der Waals surface area contributed by atoms with E-state index < -0.39 is 0 Å². The Morgan fingerprint density at radius 1 is 1.09 bits per heavy atom. The Labute approximate surface area is 133 Å². The minimum Gasteiger partial charge on any atom is -0.454 e. The fourth-order valence-corrected chi connectivity index (χ4v) is 3.23. The average Bonchev–Trinajstić information content (AvgIpc) is 3.19. The molecule has 1 N–H and O–H groups in total. The summed E-state index contributed by atoms with van der Waals surface area (Å²) in [4.78, 5) is 0. The van der Waals surface area contributed by atoms with Crippen molar-refractivity contribution in [2.24, 2.45) is 0 Å². The van der Waals surface area contributed by atoms with Crippen LogP contribution in [0.25, 0.3) is 6.08 Å². The molecule has 0 atom stereocenters. The van der Waals surface area contributed by atoms with Crippen molar-refractivity contribution >= 4 is 17.8 Å². The molecule has 2 aromatic carbocycles. The van der Waals surface area contributed by atoms with E-state index in [0.29, 0.717) is 6.79 Å². The number of ether oxygens (including phenoxy) is 2. The van der Waals surface area contributed by atoms with Crippen LogP contribution in [0.2, 0.25) is 0 Å². The quantitative estimate of drug-likeness (QED) is 0.924. The molecule has 0 aliphatic carbocycles. The number of benzene rings is 2. The Kier molecular flexibility index (Phi) is 3.52. The lowest BCUT2D eigenvalue weighted by molar-refractivity contribution is 0.173. The van der Waals surface area contributed by atoms with E-state index in [2.05, 4.69) is 47.8 Å². The lowest BCUT2D eigenvalue weighted by Gasteiger charge is -2.08. The summed E-state index contributed by atoms with van der Waals surface area (Å²) in [6.07, 6.45) is 4.92. The molecule has 0 spiro atoms. The largest absolute Gasteiger partial charge is 0.454 e. The van der Waals surface area contributed by atoms with Crippen LogP contribution in [0, 0.1) is 0 Å². The van der Waals surface area contributed by atoms with Crippen LogP contribution in [-0.2, 0) is 6.42 Å². The third-order valence-electron chi connectivity index (χ3n) is 3.59. The smallest absolute Gasteiger partial charge is 0.231 e. The van der Waals surface area contributed by atoms with Crippen molar-refractivity contribution in [2.75, 3.05) is 6.79 Å². The Morgan fingerprint density at radius 2 is 2.00 bits per heavy atom. The molecule has 3 nitrogen and oxygen atoms in total. The molecule has 2 heterocycles. The van der Waals surface area contributed by atoms with Crippen molar-refractivity contribution in [3.05, 3.63) is 75.8 Å². The summed E-state index contributed by atoms with van der Waals surface area (Å²) < 4.78 is 11.2. The Balaban J connectivity index is 1.70. The van der Waals surface area contributed by atoms with Gasteiger partial charge in [-0.05, 0) is 41.2 Å². The van der Waals surface area contributed by atoms with E-state index >= 15 is 0 Å².